The minimum Gasteiger partial charge on any atom is -0.341 e. The molecule has 4 heteroatoms. The molecule has 0 bridgehead atoms. The largest absolute Gasteiger partial charge is 0.341 e. The minimum atomic E-state index is 0.219. The van der Waals surface area contributed by atoms with Crippen molar-refractivity contribution >= 4 is 5.91 Å². The Balaban J connectivity index is 2.28. The van der Waals surface area contributed by atoms with Gasteiger partial charge in [-0.2, -0.15) is 0 Å². The summed E-state index contributed by atoms with van der Waals surface area (Å²) in [7, 11) is 3.79. The van der Waals surface area contributed by atoms with Gasteiger partial charge in [0.1, 0.15) is 0 Å². The van der Waals surface area contributed by atoms with Crippen LogP contribution in [0.4, 0.5) is 0 Å². The molecular weight excluding hydrogens is 166 g/mol. The lowest BCUT2D eigenvalue weighted by atomic mass is 10.1. The number of nitrogens with zero attached hydrogens (tertiary/aromatic N) is 1. The maximum Gasteiger partial charge on any atom is 0.236 e. The van der Waals surface area contributed by atoms with Crippen LogP contribution in [-0.4, -0.2) is 50.6 Å². The molecule has 1 fully saturated rings. The number of hydrogen-bond donors (Lipinski definition) is 2. The molecule has 2 N–H and O–H groups in total. The number of carbonyl (C=O) groups excluding carboxylic acids is 1. The molecule has 1 aliphatic rings. The third-order valence-electron chi connectivity index (χ3n) is 2.58. The number of carbonyl (C=O) groups is 1. The second-order valence-corrected chi connectivity index (χ2v) is 3.47. The summed E-state index contributed by atoms with van der Waals surface area (Å²) in [6, 6.07) is 0.596. The van der Waals surface area contributed by atoms with Crippen molar-refractivity contribution < 1.29 is 4.79 Å². The van der Waals surface area contributed by atoms with Crippen molar-refractivity contribution in [2.24, 2.45) is 0 Å². The second kappa shape index (κ2) is 5.19. The Kier molecular flexibility index (Phi) is 4.18. The molecular formula is C9H19N3O. The van der Waals surface area contributed by atoms with Crippen LogP contribution < -0.4 is 10.6 Å². The van der Waals surface area contributed by atoms with Gasteiger partial charge in [-0.3, -0.25) is 4.79 Å². The van der Waals surface area contributed by atoms with Gasteiger partial charge in [-0.05, 0) is 26.9 Å². The predicted molar refractivity (Wildman–Crippen MR) is 52.6 cm³/mol. The maximum atomic E-state index is 11.4. The molecule has 1 aliphatic heterocycles. The SMILES string of the molecule is CNCC(=O)N1CCC(NC)CC1. The fraction of sp³-hybridized carbons (Fsp3) is 0.889. The fourth-order valence-electron chi connectivity index (χ4n) is 1.68. The summed E-state index contributed by atoms with van der Waals surface area (Å²) >= 11 is 0. The molecule has 1 saturated heterocycles. The third-order valence-corrected chi connectivity index (χ3v) is 2.58. The monoisotopic (exact) mass is 185 g/mol. The van der Waals surface area contributed by atoms with E-state index in [1.807, 2.05) is 11.9 Å². The summed E-state index contributed by atoms with van der Waals surface area (Å²) in [5.41, 5.74) is 0. The number of likely N-dealkylation sites (tertiary alicyclic amines) is 1. The van der Waals surface area contributed by atoms with Crippen LogP contribution in [0, 0.1) is 0 Å². The van der Waals surface area contributed by atoms with Gasteiger partial charge in [0.25, 0.3) is 0 Å². The molecule has 0 spiro atoms. The van der Waals surface area contributed by atoms with E-state index >= 15 is 0 Å². The normalized spacial score (nSPS) is 19.1. The summed E-state index contributed by atoms with van der Waals surface area (Å²) in [4.78, 5) is 13.4. The van der Waals surface area contributed by atoms with E-state index in [0.29, 0.717) is 12.6 Å². The molecule has 0 aliphatic carbocycles. The van der Waals surface area contributed by atoms with Gasteiger partial charge in [-0.15, -0.1) is 0 Å². The van der Waals surface area contributed by atoms with Crippen molar-refractivity contribution in [3.8, 4) is 0 Å². The van der Waals surface area contributed by atoms with E-state index in [9.17, 15) is 4.79 Å². The molecule has 1 heterocycles. The van der Waals surface area contributed by atoms with E-state index < -0.39 is 0 Å². The molecule has 0 radical (unpaired) electrons. The maximum absolute atomic E-state index is 11.4. The molecule has 0 saturated carbocycles. The fourth-order valence-corrected chi connectivity index (χ4v) is 1.68. The first kappa shape index (κ1) is 10.5. The lowest BCUT2D eigenvalue weighted by molar-refractivity contribution is -0.131. The Labute approximate surface area is 79.7 Å². The van der Waals surface area contributed by atoms with Crippen LogP contribution in [0.15, 0.2) is 0 Å². The van der Waals surface area contributed by atoms with E-state index in [4.69, 9.17) is 0 Å². The smallest absolute Gasteiger partial charge is 0.236 e. The highest BCUT2D eigenvalue weighted by Crippen LogP contribution is 2.09. The lowest BCUT2D eigenvalue weighted by Crippen LogP contribution is -2.46. The first-order chi connectivity index (χ1) is 6.27. The standard InChI is InChI=1S/C9H19N3O/c1-10-7-9(13)12-5-3-8(11-2)4-6-12/h8,10-11H,3-7H2,1-2H3. The van der Waals surface area contributed by atoms with Crippen LogP contribution in [0.3, 0.4) is 0 Å². The first-order valence-corrected chi connectivity index (χ1v) is 4.87. The molecule has 0 atom stereocenters. The zero-order valence-corrected chi connectivity index (χ0v) is 8.47. The van der Waals surface area contributed by atoms with Gasteiger partial charge >= 0.3 is 0 Å². The van der Waals surface area contributed by atoms with Crippen molar-refractivity contribution in [2.75, 3.05) is 33.7 Å². The molecule has 0 aromatic carbocycles. The van der Waals surface area contributed by atoms with Crippen LogP contribution in [0.25, 0.3) is 0 Å². The van der Waals surface area contributed by atoms with Gasteiger partial charge in [0.15, 0.2) is 0 Å². The Morgan fingerprint density at radius 2 is 2.00 bits per heavy atom. The summed E-state index contributed by atoms with van der Waals surface area (Å²) < 4.78 is 0. The zero-order valence-electron chi connectivity index (χ0n) is 8.47. The molecule has 76 valence electrons. The molecule has 0 aromatic rings. The van der Waals surface area contributed by atoms with E-state index in [1.54, 1.807) is 7.05 Å². The molecule has 0 aromatic heterocycles. The average Bonchev–Trinajstić information content (AvgIpc) is 2.18. The van der Waals surface area contributed by atoms with E-state index in [2.05, 4.69) is 10.6 Å². The molecule has 4 nitrogen and oxygen atoms in total. The third kappa shape index (κ3) is 2.97. The first-order valence-electron chi connectivity index (χ1n) is 4.87. The topological polar surface area (TPSA) is 44.4 Å². The minimum absolute atomic E-state index is 0.219. The number of amides is 1. The van der Waals surface area contributed by atoms with Crippen LogP contribution in [0.2, 0.25) is 0 Å². The van der Waals surface area contributed by atoms with Crippen LogP contribution in [0.5, 0.6) is 0 Å². The summed E-state index contributed by atoms with van der Waals surface area (Å²) in [5, 5.41) is 6.12. The van der Waals surface area contributed by atoms with Gasteiger partial charge < -0.3 is 15.5 Å². The Morgan fingerprint density at radius 3 is 2.46 bits per heavy atom. The van der Waals surface area contributed by atoms with Crippen molar-refractivity contribution in [3.63, 3.8) is 0 Å². The van der Waals surface area contributed by atoms with E-state index in [1.165, 1.54) is 0 Å². The average molecular weight is 185 g/mol. The zero-order chi connectivity index (χ0) is 9.68. The molecule has 0 unspecified atom stereocenters. The van der Waals surface area contributed by atoms with Crippen LogP contribution in [-0.2, 0) is 4.79 Å². The van der Waals surface area contributed by atoms with Gasteiger partial charge in [-0.25, -0.2) is 0 Å². The number of piperidine rings is 1. The van der Waals surface area contributed by atoms with Gasteiger partial charge in [0.05, 0.1) is 6.54 Å². The molecule has 1 rings (SSSR count). The van der Waals surface area contributed by atoms with Crippen molar-refractivity contribution in [3.05, 3.63) is 0 Å². The molecule has 13 heavy (non-hydrogen) atoms. The molecule has 1 amide bonds. The Hall–Kier alpha value is -0.610. The Morgan fingerprint density at radius 1 is 1.38 bits per heavy atom. The van der Waals surface area contributed by atoms with E-state index in [0.717, 1.165) is 25.9 Å². The van der Waals surface area contributed by atoms with Gasteiger partial charge in [0, 0.05) is 19.1 Å². The summed E-state index contributed by atoms with van der Waals surface area (Å²) in [5.74, 6) is 0.219. The number of hydrogen-bond acceptors (Lipinski definition) is 3. The van der Waals surface area contributed by atoms with Crippen molar-refractivity contribution in [2.45, 2.75) is 18.9 Å². The number of likely N-dealkylation sites (N-methyl/N-ethyl adjacent to an activating group) is 1. The lowest BCUT2D eigenvalue weighted by Gasteiger charge is -2.31. The Bertz CT molecular complexity index is 164. The van der Waals surface area contributed by atoms with Crippen molar-refractivity contribution in [1.82, 2.24) is 15.5 Å². The van der Waals surface area contributed by atoms with Crippen LogP contribution >= 0.6 is 0 Å². The van der Waals surface area contributed by atoms with Crippen molar-refractivity contribution in [1.29, 1.82) is 0 Å². The quantitative estimate of drug-likeness (QED) is 0.618. The predicted octanol–water partition coefficient (Wildman–Crippen LogP) is -0.584. The highest BCUT2D eigenvalue weighted by Gasteiger charge is 2.20. The number of rotatable bonds is 3. The highest BCUT2D eigenvalue weighted by atomic mass is 16.2. The summed E-state index contributed by atoms with van der Waals surface area (Å²) in [6.07, 6.45) is 2.15. The summed E-state index contributed by atoms with van der Waals surface area (Å²) in [6.45, 7) is 2.25. The van der Waals surface area contributed by atoms with Gasteiger partial charge in [0.2, 0.25) is 5.91 Å². The van der Waals surface area contributed by atoms with Gasteiger partial charge in [-0.1, -0.05) is 0 Å². The number of nitrogens with one attached hydrogen (secondary N) is 2. The van der Waals surface area contributed by atoms with Crippen LogP contribution in [0.1, 0.15) is 12.8 Å². The van der Waals surface area contributed by atoms with E-state index in [-0.39, 0.29) is 5.91 Å². The second-order valence-electron chi connectivity index (χ2n) is 3.47. The highest BCUT2D eigenvalue weighted by molar-refractivity contribution is 5.78.